The molecular weight excluding hydrogens is 240 g/mol. The van der Waals surface area contributed by atoms with Crippen LogP contribution in [-0.2, 0) is 11.3 Å². The van der Waals surface area contributed by atoms with Gasteiger partial charge in [-0.25, -0.2) is 4.68 Å². The van der Waals surface area contributed by atoms with Crippen molar-refractivity contribution in [2.45, 2.75) is 82.0 Å². The molecule has 1 saturated heterocycles. The van der Waals surface area contributed by atoms with Crippen LogP contribution in [0.4, 0.5) is 0 Å². The molecule has 19 heavy (non-hydrogen) atoms. The van der Waals surface area contributed by atoms with Crippen LogP contribution >= 0.6 is 0 Å². The van der Waals surface area contributed by atoms with Crippen LogP contribution in [0.1, 0.15) is 69.5 Å². The number of hydrogen-bond donors (Lipinski definition) is 0. The van der Waals surface area contributed by atoms with Crippen LogP contribution in [0, 0.1) is 0 Å². The van der Waals surface area contributed by atoms with Gasteiger partial charge in [0, 0.05) is 5.92 Å². The maximum atomic E-state index is 6.40. The van der Waals surface area contributed by atoms with E-state index in [1.54, 1.807) is 0 Å². The third-order valence-corrected chi connectivity index (χ3v) is 4.98. The predicted octanol–water partition coefficient (Wildman–Crippen LogP) is 2.43. The lowest BCUT2D eigenvalue weighted by Crippen LogP contribution is -2.32. The molecule has 0 amide bonds. The smallest absolute Gasteiger partial charge is 0.154 e. The lowest BCUT2D eigenvalue weighted by molar-refractivity contribution is -0.0691. The monoisotopic (exact) mass is 262 g/mol. The molecule has 4 rings (SSSR count). The zero-order valence-electron chi connectivity index (χ0n) is 11.4. The number of tetrazole rings is 1. The summed E-state index contributed by atoms with van der Waals surface area (Å²) in [5, 5.41) is 12.2. The van der Waals surface area contributed by atoms with E-state index >= 15 is 0 Å². The van der Waals surface area contributed by atoms with Crippen molar-refractivity contribution in [3.05, 3.63) is 5.82 Å². The fraction of sp³-hybridized carbons (Fsp3) is 0.929. The molecule has 5 heteroatoms. The van der Waals surface area contributed by atoms with Crippen molar-refractivity contribution in [1.29, 1.82) is 0 Å². The van der Waals surface area contributed by atoms with Gasteiger partial charge in [-0.3, -0.25) is 0 Å². The van der Waals surface area contributed by atoms with Gasteiger partial charge in [0.25, 0.3) is 0 Å². The average Bonchev–Trinajstić information content (AvgIpc) is 3.06. The fourth-order valence-corrected chi connectivity index (χ4v) is 3.76. The van der Waals surface area contributed by atoms with Crippen LogP contribution in [-0.4, -0.2) is 31.9 Å². The van der Waals surface area contributed by atoms with E-state index in [0.717, 1.165) is 12.4 Å². The van der Waals surface area contributed by atoms with Gasteiger partial charge in [-0.05, 0) is 49.0 Å². The molecule has 2 heterocycles. The zero-order valence-corrected chi connectivity index (χ0v) is 11.4. The summed E-state index contributed by atoms with van der Waals surface area (Å²) in [6.45, 7) is 0.848. The van der Waals surface area contributed by atoms with E-state index in [-0.39, 0.29) is 5.60 Å². The Hall–Kier alpha value is -0.970. The molecule has 0 bridgehead atoms. The van der Waals surface area contributed by atoms with Crippen LogP contribution in [0.25, 0.3) is 0 Å². The van der Waals surface area contributed by atoms with Gasteiger partial charge in [0.1, 0.15) is 0 Å². The van der Waals surface area contributed by atoms with Gasteiger partial charge in [0.05, 0.1) is 18.2 Å². The molecular formula is C14H22N4O. The second-order valence-electron chi connectivity index (χ2n) is 6.52. The van der Waals surface area contributed by atoms with Crippen LogP contribution in [0.3, 0.4) is 0 Å². The van der Waals surface area contributed by atoms with Crippen LogP contribution in [0.2, 0.25) is 0 Å². The van der Waals surface area contributed by atoms with Gasteiger partial charge in [0.2, 0.25) is 0 Å². The van der Waals surface area contributed by atoms with Crippen molar-refractivity contribution >= 4 is 0 Å². The third kappa shape index (κ3) is 2.29. The van der Waals surface area contributed by atoms with Gasteiger partial charge >= 0.3 is 0 Å². The molecule has 5 nitrogen and oxygen atoms in total. The van der Waals surface area contributed by atoms with Crippen molar-refractivity contribution in [3.8, 4) is 0 Å². The highest BCUT2D eigenvalue weighted by Crippen LogP contribution is 2.43. The Bertz CT molecular complexity index is 448. The Morgan fingerprint density at radius 1 is 1.11 bits per heavy atom. The van der Waals surface area contributed by atoms with Crippen molar-refractivity contribution in [2.24, 2.45) is 0 Å². The minimum absolute atomic E-state index is 0.205. The second-order valence-corrected chi connectivity index (χ2v) is 6.52. The van der Waals surface area contributed by atoms with E-state index < -0.39 is 0 Å². The normalized spacial score (nSPS) is 30.0. The first-order chi connectivity index (χ1) is 9.35. The first-order valence-electron chi connectivity index (χ1n) is 7.79. The molecule has 3 fully saturated rings. The standard InChI is InChI=1S/C14H22N4O/c1-2-7-14(8-3-1)9-6-12(19-14)10-18-13(11-4-5-11)15-16-17-18/h11-12H,1-10H2/t12-/m0/s1. The molecule has 3 aliphatic rings. The summed E-state index contributed by atoms with van der Waals surface area (Å²) in [6, 6.07) is 0. The first kappa shape index (κ1) is 11.8. The Kier molecular flexibility index (Phi) is 2.83. The Morgan fingerprint density at radius 3 is 2.74 bits per heavy atom. The quantitative estimate of drug-likeness (QED) is 0.839. The molecule has 0 N–H and O–H groups in total. The Labute approximate surface area is 113 Å². The lowest BCUT2D eigenvalue weighted by Gasteiger charge is -2.33. The minimum atomic E-state index is 0.205. The maximum absolute atomic E-state index is 6.40. The summed E-state index contributed by atoms with van der Waals surface area (Å²) in [7, 11) is 0. The molecule has 0 aromatic carbocycles. The van der Waals surface area contributed by atoms with Gasteiger partial charge in [-0.1, -0.05) is 19.3 Å². The summed E-state index contributed by atoms with van der Waals surface area (Å²) in [5.74, 6) is 1.69. The van der Waals surface area contributed by atoms with Crippen molar-refractivity contribution in [3.63, 3.8) is 0 Å². The number of aromatic nitrogens is 4. The largest absolute Gasteiger partial charge is 0.370 e. The SMILES string of the molecule is C1CCC2(CC1)CC[C@@H](Cn1nnnc1C1CC1)O2. The molecule has 1 aromatic heterocycles. The van der Waals surface area contributed by atoms with Gasteiger partial charge < -0.3 is 4.74 Å². The number of ether oxygens (including phenoxy) is 1. The fourth-order valence-electron chi connectivity index (χ4n) is 3.76. The highest BCUT2D eigenvalue weighted by atomic mass is 16.5. The third-order valence-electron chi connectivity index (χ3n) is 4.98. The van der Waals surface area contributed by atoms with E-state index in [4.69, 9.17) is 4.74 Å². The topological polar surface area (TPSA) is 52.8 Å². The zero-order chi connectivity index (χ0) is 12.7. The summed E-state index contributed by atoms with van der Waals surface area (Å²) in [6.07, 6.45) is 11.8. The molecule has 1 aromatic rings. The van der Waals surface area contributed by atoms with Gasteiger partial charge in [0.15, 0.2) is 5.82 Å². The maximum Gasteiger partial charge on any atom is 0.154 e. The Balaban J connectivity index is 1.42. The van der Waals surface area contributed by atoms with Crippen molar-refractivity contribution in [1.82, 2.24) is 20.2 Å². The number of hydrogen-bond acceptors (Lipinski definition) is 4. The molecule has 0 unspecified atom stereocenters. The first-order valence-corrected chi connectivity index (χ1v) is 7.79. The molecule has 2 aliphatic carbocycles. The minimum Gasteiger partial charge on any atom is -0.370 e. The molecule has 1 spiro atoms. The van der Waals surface area contributed by atoms with E-state index in [1.165, 1.54) is 57.8 Å². The Morgan fingerprint density at radius 2 is 1.95 bits per heavy atom. The van der Waals surface area contributed by atoms with Crippen molar-refractivity contribution in [2.75, 3.05) is 0 Å². The highest BCUT2D eigenvalue weighted by Gasteiger charge is 2.41. The second kappa shape index (κ2) is 4.54. The van der Waals surface area contributed by atoms with Gasteiger partial charge in [-0.15, -0.1) is 5.10 Å². The van der Waals surface area contributed by atoms with Crippen LogP contribution in [0.5, 0.6) is 0 Å². The molecule has 1 atom stereocenters. The van der Waals surface area contributed by atoms with Crippen LogP contribution < -0.4 is 0 Å². The van der Waals surface area contributed by atoms with E-state index in [9.17, 15) is 0 Å². The summed E-state index contributed by atoms with van der Waals surface area (Å²) in [4.78, 5) is 0. The summed E-state index contributed by atoms with van der Waals surface area (Å²) in [5.41, 5.74) is 0.205. The predicted molar refractivity (Wildman–Crippen MR) is 69.7 cm³/mol. The van der Waals surface area contributed by atoms with E-state index in [0.29, 0.717) is 12.0 Å². The van der Waals surface area contributed by atoms with E-state index in [1.807, 2.05) is 4.68 Å². The van der Waals surface area contributed by atoms with Gasteiger partial charge in [-0.2, -0.15) is 0 Å². The molecule has 1 aliphatic heterocycles. The summed E-state index contributed by atoms with van der Waals surface area (Å²) < 4.78 is 8.39. The van der Waals surface area contributed by atoms with E-state index in [2.05, 4.69) is 15.5 Å². The highest BCUT2D eigenvalue weighted by molar-refractivity contribution is 5.03. The molecule has 2 saturated carbocycles. The average molecular weight is 262 g/mol. The molecule has 104 valence electrons. The summed E-state index contributed by atoms with van der Waals surface area (Å²) >= 11 is 0. The number of nitrogens with zero attached hydrogens (tertiary/aromatic N) is 4. The van der Waals surface area contributed by atoms with Crippen LogP contribution in [0.15, 0.2) is 0 Å². The lowest BCUT2D eigenvalue weighted by atomic mass is 9.83. The van der Waals surface area contributed by atoms with Crippen molar-refractivity contribution < 1.29 is 4.74 Å². The molecule has 0 radical (unpaired) electrons. The number of rotatable bonds is 3.